The number of carbonyl (C=O) groups is 2. The molecule has 1 saturated heterocycles. The van der Waals surface area contributed by atoms with E-state index in [1.807, 2.05) is 42.5 Å². The Morgan fingerprint density at radius 3 is 2.61 bits per heavy atom. The number of nitrogens with zero attached hydrogens (tertiary/aromatic N) is 2. The third kappa shape index (κ3) is 5.16. The van der Waals surface area contributed by atoms with Gasteiger partial charge in [0.2, 0.25) is 0 Å². The smallest absolute Gasteiger partial charge is 0.290 e. The van der Waals surface area contributed by atoms with Gasteiger partial charge in [0.15, 0.2) is 11.5 Å². The van der Waals surface area contributed by atoms with E-state index >= 15 is 0 Å². The number of amides is 1. The second kappa shape index (κ2) is 10.5. The highest BCUT2D eigenvalue weighted by atomic mass is 16.5. The van der Waals surface area contributed by atoms with E-state index in [4.69, 9.17) is 9.47 Å². The maximum Gasteiger partial charge on any atom is 0.290 e. The molecule has 0 aromatic heterocycles. The molecule has 1 fully saturated rings. The van der Waals surface area contributed by atoms with Crippen molar-refractivity contribution in [2.24, 2.45) is 0 Å². The molecule has 172 valence electrons. The lowest BCUT2D eigenvalue weighted by Crippen LogP contribution is -2.43. The van der Waals surface area contributed by atoms with Gasteiger partial charge in [-0.1, -0.05) is 48.5 Å². The minimum atomic E-state index is -0.693. The average molecular weight is 449 g/mol. The first-order chi connectivity index (χ1) is 16.1. The monoisotopic (exact) mass is 448 g/mol. The van der Waals surface area contributed by atoms with Gasteiger partial charge in [0.05, 0.1) is 31.9 Å². The number of ketones is 1. The molecule has 2 aliphatic rings. The SMILES string of the molecule is COc1cccc(C2C(C(=O)/C=C/c3ccccc3)=C(O)C(=O)N2CCN2CCOCC2)c1. The van der Waals surface area contributed by atoms with Crippen LogP contribution in [0, 0.1) is 0 Å². The standard InChI is InChI=1S/C26H28N2O5/c1-32-21-9-5-8-20(18-21)24-23(22(29)11-10-19-6-3-2-4-7-19)25(30)26(31)28(24)13-12-27-14-16-33-17-15-27/h2-11,18,24,30H,12-17H2,1H3/b11-10+. The largest absolute Gasteiger partial charge is 0.503 e. The van der Waals surface area contributed by atoms with Crippen LogP contribution in [-0.4, -0.2) is 73.1 Å². The van der Waals surface area contributed by atoms with Crippen LogP contribution in [0.4, 0.5) is 0 Å². The van der Waals surface area contributed by atoms with Crippen LogP contribution in [0.5, 0.6) is 5.75 Å². The summed E-state index contributed by atoms with van der Waals surface area (Å²) in [6, 6.07) is 16.0. The summed E-state index contributed by atoms with van der Waals surface area (Å²) in [5.41, 5.74) is 1.66. The molecule has 7 heteroatoms. The summed E-state index contributed by atoms with van der Waals surface area (Å²) in [6.07, 6.45) is 3.10. The molecule has 2 aromatic carbocycles. The van der Waals surface area contributed by atoms with Gasteiger partial charge < -0.3 is 19.5 Å². The Bertz CT molecular complexity index is 1060. The lowest BCUT2D eigenvalue weighted by atomic mass is 9.95. The Kier molecular flexibility index (Phi) is 7.22. The third-order valence-electron chi connectivity index (χ3n) is 5.97. The van der Waals surface area contributed by atoms with Crippen LogP contribution in [-0.2, 0) is 14.3 Å². The van der Waals surface area contributed by atoms with Crippen molar-refractivity contribution in [1.29, 1.82) is 0 Å². The fourth-order valence-corrected chi connectivity index (χ4v) is 4.19. The van der Waals surface area contributed by atoms with Crippen LogP contribution < -0.4 is 4.74 Å². The summed E-state index contributed by atoms with van der Waals surface area (Å²) < 4.78 is 10.8. The molecule has 0 spiro atoms. The second-order valence-electron chi connectivity index (χ2n) is 8.00. The molecule has 1 unspecified atom stereocenters. The van der Waals surface area contributed by atoms with Crippen LogP contribution in [0.25, 0.3) is 6.08 Å². The number of rotatable bonds is 8. The molecule has 1 N–H and O–H groups in total. The lowest BCUT2D eigenvalue weighted by molar-refractivity contribution is -0.129. The average Bonchev–Trinajstić information content (AvgIpc) is 3.12. The first kappa shape index (κ1) is 22.8. The van der Waals surface area contributed by atoms with Crippen LogP contribution in [0.1, 0.15) is 17.2 Å². The zero-order chi connectivity index (χ0) is 23.2. The van der Waals surface area contributed by atoms with Gasteiger partial charge in [0.1, 0.15) is 5.75 Å². The summed E-state index contributed by atoms with van der Waals surface area (Å²) >= 11 is 0. The minimum Gasteiger partial charge on any atom is -0.503 e. The van der Waals surface area contributed by atoms with E-state index in [0.29, 0.717) is 37.6 Å². The number of carbonyl (C=O) groups excluding carboxylic acids is 2. The van der Waals surface area contributed by atoms with Gasteiger partial charge in [-0.15, -0.1) is 0 Å². The molecule has 4 rings (SSSR count). The van der Waals surface area contributed by atoms with Crippen molar-refractivity contribution in [2.75, 3.05) is 46.5 Å². The molecule has 0 aliphatic carbocycles. The Hall–Kier alpha value is -3.42. The zero-order valence-electron chi connectivity index (χ0n) is 18.6. The molecule has 7 nitrogen and oxygen atoms in total. The number of methoxy groups -OCH3 is 1. The highest BCUT2D eigenvalue weighted by Crippen LogP contribution is 2.38. The Morgan fingerprint density at radius 1 is 1.12 bits per heavy atom. The van der Waals surface area contributed by atoms with Gasteiger partial charge in [-0.25, -0.2) is 0 Å². The van der Waals surface area contributed by atoms with Crippen LogP contribution in [0.3, 0.4) is 0 Å². The molecule has 2 aliphatic heterocycles. The zero-order valence-corrected chi connectivity index (χ0v) is 18.6. The van der Waals surface area contributed by atoms with Gasteiger partial charge >= 0.3 is 0 Å². The van der Waals surface area contributed by atoms with E-state index in [1.165, 1.54) is 6.08 Å². The van der Waals surface area contributed by atoms with Crippen LogP contribution in [0.2, 0.25) is 0 Å². The summed E-state index contributed by atoms with van der Waals surface area (Å²) in [5.74, 6) is -0.808. The Labute approximate surface area is 193 Å². The highest BCUT2D eigenvalue weighted by Gasteiger charge is 2.43. The van der Waals surface area contributed by atoms with Gasteiger partial charge in [-0.2, -0.15) is 0 Å². The molecule has 2 aromatic rings. The van der Waals surface area contributed by atoms with Crippen molar-refractivity contribution < 1.29 is 24.2 Å². The highest BCUT2D eigenvalue weighted by molar-refractivity contribution is 6.14. The van der Waals surface area contributed by atoms with E-state index < -0.39 is 23.5 Å². The van der Waals surface area contributed by atoms with Crippen molar-refractivity contribution in [2.45, 2.75) is 6.04 Å². The Balaban J connectivity index is 1.64. The molecule has 33 heavy (non-hydrogen) atoms. The van der Waals surface area contributed by atoms with Crippen LogP contribution in [0.15, 0.2) is 72.0 Å². The quantitative estimate of drug-likeness (QED) is 0.626. The van der Waals surface area contributed by atoms with Crippen molar-refractivity contribution in [3.8, 4) is 5.75 Å². The van der Waals surface area contributed by atoms with Crippen molar-refractivity contribution in [3.05, 3.63) is 83.1 Å². The maximum absolute atomic E-state index is 13.2. The molecule has 1 amide bonds. The van der Waals surface area contributed by atoms with Crippen LogP contribution >= 0.6 is 0 Å². The summed E-state index contributed by atoms with van der Waals surface area (Å²) in [6.45, 7) is 3.90. The predicted molar refractivity (Wildman–Crippen MR) is 125 cm³/mol. The number of allylic oxidation sites excluding steroid dienone is 1. The number of aliphatic hydroxyl groups is 1. The van der Waals surface area contributed by atoms with E-state index in [9.17, 15) is 14.7 Å². The van der Waals surface area contributed by atoms with Gasteiger partial charge in [-0.05, 0) is 29.3 Å². The number of aliphatic hydroxyl groups excluding tert-OH is 1. The van der Waals surface area contributed by atoms with E-state index in [0.717, 1.165) is 18.7 Å². The van der Waals surface area contributed by atoms with E-state index in [1.54, 1.807) is 30.2 Å². The predicted octanol–water partition coefficient (Wildman–Crippen LogP) is 3.01. The number of hydrogen-bond donors (Lipinski definition) is 1. The van der Waals surface area contributed by atoms with Gasteiger partial charge in [0, 0.05) is 26.2 Å². The van der Waals surface area contributed by atoms with E-state index in [2.05, 4.69) is 4.90 Å². The minimum absolute atomic E-state index is 0.0856. The van der Waals surface area contributed by atoms with Gasteiger partial charge in [0.25, 0.3) is 5.91 Å². The Morgan fingerprint density at radius 2 is 1.88 bits per heavy atom. The van der Waals surface area contributed by atoms with Crippen molar-refractivity contribution in [1.82, 2.24) is 9.80 Å². The fourth-order valence-electron chi connectivity index (χ4n) is 4.19. The number of benzene rings is 2. The first-order valence-corrected chi connectivity index (χ1v) is 11.0. The first-order valence-electron chi connectivity index (χ1n) is 11.0. The number of ether oxygens (including phenoxy) is 2. The van der Waals surface area contributed by atoms with Gasteiger partial charge in [-0.3, -0.25) is 14.5 Å². The van der Waals surface area contributed by atoms with Crippen molar-refractivity contribution in [3.63, 3.8) is 0 Å². The number of hydrogen-bond acceptors (Lipinski definition) is 6. The van der Waals surface area contributed by atoms with E-state index in [-0.39, 0.29) is 5.57 Å². The summed E-state index contributed by atoms with van der Waals surface area (Å²) in [4.78, 5) is 30.1. The molecule has 0 bridgehead atoms. The summed E-state index contributed by atoms with van der Waals surface area (Å²) in [7, 11) is 1.57. The fraction of sp³-hybridized carbons (Fsp3) is 0.308. The number of morpholine rings is 1. The summed E-state index contributed by atoms with van der Waals surface area (Å²) in [5, 5.41) is 10.8. The molecule has 1 atom stereocenters. The molecular formula is C26H28N2O5. The molecule has 2 heterocycles. The maximum atomic E-state index is 13.2. The topological polar surface area (TPSA) is 79.3 Å². The molecular weight excluding hydrogens is 420 g/mol. The second-order valence-corrected chi connectivity index (χ2v) is 8.00. The third-order valence-corrected chi connectivity index (χ3v) is 5.97. The van der Waals surface area contributed by atoms with Crippen molar-refractivity contribution >= 4 is 17.8 Å². The molecule has 0 radical (unpaired) electrons. The lowest BCUT2D eigenvalue weighted by Gasteiger charge is -2.31. The molecule has 0 saturated carbocycles. The normalized spacial score (nSPS) is 19.5.